The van der Waals surface area contributed by atoms with Crippen molar-refractivity contribution in [2.24, 2.45) is 5.92 Å². The van der Waals surface area contributed by atoms with Crippen LogP contribution >= 0.6 is 12.4 Å². The minimum atomic E-state index is 0. The third-order valence-corrected chi connectivity index (χ3v) is 4.49. The monoisotopic (exact) mass is 359 g/mol. The van der Waals surface area contributed by atoms with Gasteiger partial charge in [0.25, 0.3) is 0 Å². The Kier molecular flexibility index (Phi) is 7.29. The van der Waals surface area contributed by atoms with Crippen LogP contribution in [0.3, 0.4) is 0 Å². The van der Waals surface area contributed by atoms with Crippen LogP contribution in [0.1, 0.15) is 25.3 Å². The molecule has 3 N–H and O–H groups in total. The number of nitrogens with one attached hydrogen (secondary N) is 3. The third-order valence-electron chi connectivity index (χ3n) is 4.49. The number of anilines is 2. The van der Waals surface area contributed by atoms with Crippen molar-refractivity contribution in [2.75, 3.05) is 17.2 Å². The molecule has 25 heavy (non-hydrogen) atoms. The summed E-state index contributed by atoms with van der Waals surface area (Å²) in [6.07, 6.45) is 1.82. The van der Waals surface area contributed by atoms with E-state index in [0.29, 0.717) is 6.04 Å². The lowest BCUT2D eigenvalue weighted by Crippen LogP contribution is -2.40. The first kappa shape index (κ1) is 19.3. The van der Waals surface area contributed by atoms with Gasteiger partial charge in [-0.05, 0) is 56.1 Å². The molecule has 0 radical (unpaired) electrons. The van der Waals surface area contributed by atoms with Crippen molar-refractivity contribution in [3.63, 3.8) is 0 Å². The van der Waals surface area contributed by atoms with Gasteiger partial charge in [-0.3, -0.25) is 4.79 Å². The predicted octanol–water partition coefficient (Wildman–Crippen LogP) is 4.05. The van der Waals surface area contributed by atoms with Crippen LogP contribution in [0.15, 0.2) is 54.6 Å². The summed E-state index contributed by atoms with van der Waals surface area (Å²) in [5, 5.41) is 9.81. The molecular formula is C20H26ClN3O. The topological polar surface area (TPSA) is 53.2 Å². The van der Waals surface area contributed by atoms with Crippen molar-refractivity contribution in [1.29, 1.82) is 0 Å². The van der Waals surface area contributed by atoms with Crippen molar-refractivity contribution in [3.05, 3.63) is 60.2 Å². The number of hydrogen-bond acceptors (Lipinski definition) is 3. The van der Waals surface area contributed by atoms with Crippen molar-refractivity contribution >= 4 is 29.7 Å². The maximum atomic E-state index is 12.4. The van der Waals surface area contributed by atoms with Crippen LogP contribution < -0.4 is 16.0 Å². The fraction of sp³-hybridized carbons (Fsp3) is 0.350. The highest BCUT2D eigenvalue weighted by Crippen LogP contribution is 2.19. The van der Waals surface area contributed by atoms with Gasteiger partial charge in [-0.2, -0.15) is 0 Å². The number of para-hydroxylation sites is 1. The molecular weight excluding hydrogens is 334 g/mol. The van der Waals surface area contributed by atoms with Crippen LogP contribution in [0, 0.1) is 5.92 Å². The third kappa shape index (κ3) is 5.76. The van der Waals surface area contributed by atoms with E-state index in [0.717, 1.165) is 37.3 Å². The highest BCUT2D eigenvalue weighted by Gasteiger charge is 2.24. The summed E-state index contributed by atoms with van der Waals surface area (Å²) in [7, 11) is 0. The Balaban J connectivity index is 0.00000225. The van der Waals surface area contributed by atoms with E-state index in [-0.39, 0.29) is 24.2 Å². The lowest BCUT2D eigenvalue weighted by Gasteiger charge is -2.27. The Bertz CT molecular complexity index is 660. The van der Waals surface area contributed by atoms with E-state index in [1.54, 1.807) is 0 Å². The van der Waals surface area contributed by atoms with Crippen LogP contribution in [0.4, 0.5) is 11.4 Å². The second kappa shape index (κ2) is 9.44. The Hall–Kier alpha value is -2.04. The molecule has 1 fully saturated rings. The predicted molar refractivity (Wildman–Crippen MR) is 106 cm³/mol. The summed E-state index contributed by atoms with van der Waals surface area (Å²) in [4.78, 5) is 12.4. The molecule has 0 spiro atoms. The van der Waals surface area contributed by atoms with E-state index in [9.17, 15) is 4.79 Å². The van der Waals surface area contributed by atoms with E-state index in [4.69, 9.17) is 0 Å². The van der Waals surface area contributed by atoms with E-state index < -0.39 is 0 Å². The first-order valence-electron chi connectivity index (χ1n) is 8.63. The molecule has 2 aromatic carbocycles. The Labute approximate surface area is 155 Å². The number of amides is 1. The molecule has 1 amide bonds. The second-order valence-corrected chi connectivity index (χ2v) is 6.48. The molecule has 1 aliphatic heterocycles. The normalized spacial score (nSPS) is 19.6. The molecule has 2 aromatic rings. The number of halogens is 1. The van der Waals surface area contributed by atoms with Gasteiger partial charge in [-0.15, -0.1) is 12.4 Å². The van der Waals surface area contributed by atoms with Gasteiger partial charge in [0.05, 0.1) is 0 Å². The molecule has 0 aromatic heterocycles. The molecule has 4 nitrogen and oxygen atoms in total. The average Bonchev–Trinajstić information content (AvgIpc) is 2.62. The van der Waals surface area contributed by atoms with Gasteiger partial charge in [0, 0.05) is 29.9 Å². The zero-order valence-corrected chi connectivity index (χ0v) is 15.3. The Morgan fingerprint density at radius 1 is 1.08 bits per heavy atom. The standard InChI is InChI=1S/C20H25N3O.ClH/c1-15-13-17(11-12-21-15)20(24)23-19-9-7-16(8-10-19)14-22-18-5-3-2-4-6-18;/h2-10,15,17,21-22H,11-14H2,1H3,(H,23,24);1H/t15-,17-;/m0./s1. The Morgan fingerprint density at radius 2 is 1.80 bits per heavy atom. The first-order valence-corrected chi connectivity index (χ1v) is 8.63. The Morgan fingerprint density at radius 3 is 2.48 bits per heavy atom. The zero-order chi connectivity index (χ0) is 16.8. The maximum Gasteiger partial charge on any atom is 0.227 e. The molecule has 1 heterocycles. The van der Waals surface area contributed by atoms with Gasteiger partial charge >= 0.3 is 0 Å². The van der Waals surface area contributed by atoms with Crippen LogP contribution in [-0.4, -0.2) is 18.5 Å². The van der Waals surface area contributed by atoms with Crippen LogP contribution in [0.2, 0.25) is 0 Å². The minimum Gasteiger partial charge on any atom is -0.381 e. The van der Waals surface area contributed by atoms with Crippen molar-refractivity contribution < 1.29 is 4.79 Å². The summed E-state index contributed by atoms with van der Waals surface area (Å²) in [6.45, 7) is 3.82. The van der Waals surface area contributed by atoms with Gasteiger partial charge in [0.1, 0.15) is 0 Å². The van der Waals surface area contributed by atoms with Gasteiger partial charge in [-0.1, -0.05) is 30.3 Å². The number of carbonyl (C=O) groups excluding carboxylic acids is 1. The van der Waals surface area contributed by atoms with Gasteiger partial charge in [0.15, 0.2) is 0 Å². The van der Waals surface area contributed by atoms with Gasteiger partial charge in [0.2, 0.25) is 5.91 Å². The molecule has 3 rings (SSSR count). The molecule has 2 atom stereocenters. The first-order chi connectivity index (χ1) is 11.7. The molecule has 134 valence electrons. The second-order valence-electron chi connectivity index (χ2n) is 6.48. The number of hydrogen-bond donors (Lipinski definition) is 3. The summed E-state index contributed by atoms with van der Waals surface area (Å²) in [6, 6.07) is 18.6. The van der Waals surface area contributed by atoms with Crippen LogP contribution in [0.5, 0.6) is 0 Å². The fourth-order valence-electron chi connectivity index (χ4n) is 3.08. The number of piperidine rings is 1. The van der Waals surface area contributed by atoms with E-state index in [2.05, 4.69) is 47.1 Å². The van der Waals surface area contributed by atoms with Gasteiger partial charge < -0.3 is 16.0 Å². The molecule has 0 aliphatic carbocycles. The van der Waals surface area contributed by atoms with Crippen molar-refractivity contribution in [1.82, 2.24) is 5.32 Å². The molecule has 1 saturated heterocycles. The van der Waals surface area contributed by atoms with Crippen molar-refractivity contribution in [3.8, 4) is 0 Å². The van der Waals surface area contributed by atoms with Crippen LogP contribution in [-0.2, 0) is 11.3 Å². The summed E-state index contributed by atoms with van der Waals surface area (Å²) < 4.78 is 0. The van der Waals surface area contributed by atoms with Crippen molar-refractivity contribution in [2.45, 2.75) is 32.4 Å². The quantitative estimate of drug-likeness (QED) is 0.755. The summed E-state index contributed by atoms with van der Waals surface area (Å²) >= 11 is 0. The highest BCUT2D eigenvalue weighted by atomic mass is 35.5. The van der Waals surface area contributed by atoms with E-state index in [1.165, 1.54) is 5.56 Å². The highest BCUT2D eigenvalue weighted by molar-refractivity contribution is 5.92. The molecule has 0 saturated carbocycles. The number of carbonyl (C=O) groups is 1. The molecule has 0 unspecified atom stereocenters. The lowest BCUT2D eigenvalue weighted by molar-refractivity contribution is -0.120. The molecule has 5 heteroatoms. The SMILES string of the molecule is C[C@H]1C[C@@H](C(=O)Nc2ccc(CNc3ccccc3)cc2)CCN1.Cl. The van der Waals surface area contributed by atoms with E-state index >= 15 is 0 Å². The molecule has 1 aliphatic rings. The smallest absolute Gasteiger partial charge is 0.227 e. The number of benzene rings is 2. The zero-order valence-electron chi connectivity index (χ0n) is 14.5. The van der Waals surface area contributed by atoms with Gasteiger partial charge in [-0.25, -0.2) is 0 Å². The average molecular weight is 360 g/mol. The fourth-order valence-corrected chi connectivity index (χ4v) is 3.08. The lowest BCUT2D eigenvalue weighted by atomic mass is 9.92. The van der Waals surface area contributed by atoms with Crippen LogP contribution in [0.25, 0.3) is 0 Å². The summed E-state index contributed by atoms with van der Waals surface area (Å²) in [5.41, 5.74) is 3.16. The largest absolute Gasteiger partial charge is 0.381 e. The van der Waals surface area contributed by atoms with E-state index in [1.807, 2.05) is 30.3 Å². The number of rotatable bonds is 5. The minimum absolute atomic E-state index is 0. The molecule has 0 bridgehead atoms. The maximum absolute atomic E-state index is 12.4. The summed E-state index contributed by atoms with van der Waals surface area (Å²) in [5.74, 6) is 0.249.